The molecule has 0 saturated heterocycles. The molecule has 2 aromatic rings. The van der Waals surface area contributed by atoms with Gasteiger partial charge in [0.05, 0.1) is 11.4 Å². The number of nitrogens with zero attached hydrogens (tertiary/aromatic N) is 2. The first-order valence-electron chi connectivity index (χ1n) is 9.57. The number of anilines is 4. The third-order valence-electron chi connectivity index (χ3n) is 4.63. The van der Waals surface area contributed by atoms with Crippen molar-refractivity contribution in [3.05, 3.63) is 35.5 Å². The van der Waals surface area contributed by atoms with Crippen LogP contribution in [-0.4, -0.2) is 49.7 Å². The standard InChI is InChI=1S/C19H23F3N6O2S/c1-31(29,30)8-7-24-15-3-2-4-16(13(15)9-23)27-18-26-11-14(19(20,21)22)17(28-18)25-10-12-5-6-12/h2-4,9,11-12,23-24H,5-8,10H2,1H3,(H2,25,26,27,28). The van der Waals surface area contributed by atoms with Gasteiger partial charge in [-0.05, 0) is 30.9 Å². The number of sulfone groups is 1. The van der Waals surface area contributed by atoms with Crippen molar-refractivity contribution in [2.24, 2.45) is 5.92 Å². The number of aromatic nitrogens is 2. The van der Waals surface area contributed by atoms with Gasteiger partial charge in [0.2, 0.25) is 5.95 Å². The van der Waals surface area contributed by atoms with Gasteiger partial charge in [-0.25, -0.2) is 13.4 Å². The van der Waals surface area contributed by atoms with E-state index in [9.17, 15) is 21.6 Å². The smallest absolute Gasteiger partial charge is 0.383 e. The van der Waals surface area contributed by atoms with Gasteiger partial charge in [-0.2, -0.15) is 18.2 Å². The molecule has 4 N–H and O–H groups in total. The van der Waals surface area contributed by atoms with Gasteiger partial charge in [0.1, 0.15) is 21.2 Å². The van der Waals surface area contributed by atoms with Crippen LogP contribution in [0.3, 0.4) is 0 Å². The molecule has 0 aliphatic heterocycles. The predicted octanol–water partition coefficient (Wildman–Crippen LogP) is 3.52. The summed E-state index contributed by atoms with van der Waals surface area (Å²) in [6.07, 6.45) is 0.276. The maximum atomic E-state index is 13.3. The first-order chi connectivity index (χ1) is 14.6. The molecule has 1 saturated carbocycles. The summed E-state index contributed by atoms with van der Waals surface area (Å²) < 4.78 is 62.5. The van der Waals surface area contributed by atoms with E-state index in [0.29, 0.717) is 29.4 Å². The van der Waals surface area contributed by atoms with Crippen molar-refractivity contribution in [1.82, 2.24) is 9.97 Å². The maximum Gasteiger partial charge on any atom is 0.421 e. The summed E-state index contributed by atoms with van der Waals surface area (Å²) in [5.41, 5.74) is 0.351. The third-order valence-corrected chi connectivity index (χ3v) is 5.58. The second-order valence-electron chi connectivity index (χ2n) is 7.37. The van der Waals surface area contributed by atoms with Crippen molar-refractivity contribution in [3.8, 4) is 0 Å². The van der Waals surface area contributed by atoms with Crippen LogP contribution in [0.2, 0.25) is 0 Å². The Balaban J connectivity index is 1.83. The fraction of sp³-hybridized carbons (Fsp3) is 0.421. The summed E-state index contributed by atoms with van der Waals surface area (Å²) in [5, 5.41) is 16.3. The van der Waals surface area contributed by atoms with Gasteiger partial charge in [-0.3, -0.25) is 0 Å². The Kier molecular flexibility index (Phi) is 6.68. The number of rotatable bonds is 10. The largest absolute Gasteiger partial charge is 0.421 e. The highest BCUT2D eigenvalue weighted by Gasteiger charge is 2.35. The molecule has 1 aromatic carbocycles. The molecule has 1 fully saturated rings. The van der Waals surface area contributed by atoms with E-state index < -0.39 is 21.6 Å². The van der Waals surface area contributed by atoms with E-state index in [0.717, 1.165) is 31.5 Å². The second kappa shape index (κ2) is 9.08. The number of alkyl halides is 3. The van der Waals surface area contributed by atoms with E-state index in [4.69, 9.17) is 5.41 Å². The van der Waals surface area contributed by atoms with Gasteiger partial charge in [-0.1, -0.05) is 6.07 Å². The highest BCUT2D eigenvalue weighted by Crippen LogP contribution is 2.36. The van der Waals surface area contributed by atoms with Gasteiger partial charge in [0.25, 0.3) is 0 Å². The molecule has 0 unspecified atom stereocenters. The monoisotopic (exact) mass is 456 g/mol. The number of benzene rings is 1. The first kappa shape index (κ1) is 22.8. The molecule has 0 amide bonds. The zero-order chi connectivity index (χ0) is 22.6. The van der Waals surface area contributed by atoms with Crippen molar-refractivity contribution in [3.63, 3.8) is 0 Å². The van der Waals surface area contributed by atoms with Crippen LogP contribution in [0.5, 0.6) is 0 Å². The number of hydrogen-bond acceptors (Lipinski definition) is 8. The van der Waals surface area contributed by atoms with Gasteiger partial charge in [0.15, 0.2) is 0 Å². The molecule has 12 heteroatoms. The van der Waals surface area contributed by atoms with E-state index >= 15 is 0 Å². The Bertz CT molecular complexity index is 1060. The lowest BCUT2D eigenvalue weighted by Gasteiger charge is -2.16. The Hall–Kier alpha value is -2.89. The molecule has 0 spiro atoms. The molecular formula is C19H23F3N6O2S. The predicted molar refractivity (Wildman–Crippen MR) is 114 cm³/mol. The fourth-order valence-electron chi connectivity index (χ4n) is 2.82. The minimum absolute atomic E-state index is 0.0531. The topological polar surface area (TPSA) is 120 Å². The number of halogens is 3. The van der Waals surface area contributed by atoms with E-state index in [1.807, 2.05) is 0 Å². The Morgan fingerprint density at radius 1 is 1.23 bits per heavy atom. The van der Waals surface area contributed by atoms with E-state index in [1.165, 1.54) is 0 Å². The van der Waals surface area contributed by atoms with Crippen LogP contribution in [0.1, 0.15) is 24.0 Å². The Morgan fingerprint density at radius 2 is 1.94 bits per heavy atom. The van der Waals surface area contributed by atoms with E-state index in [-0.39, 0.29) is 24.1 Å². The number of hydrogen-bond donors (Lipinski definition) is 4. The van der Waals surface area contributed by atoms with Crippen LogP contribution in [0.15, 0.2) is 24.4 Å². The van der Waals surface area contributed by atoms with Crippen molar-refractivity contribution in [2.75, 3.05) is 41.0 Å². The van der Waals surface area contributed by atoms with Crippen LogP contribution in [0.4, 0.5) is 36.3 Å². The molecular weight excluding hydrogens is 433 g/mol. The summed E-state index contributed by atoms with van der Waals surface area (Å²) >= 11 is 0. The van der Waals surface area contributed by atoms with Crippen molar-refractivity contribution in [1.29, 1.82) is 5.41 Å². The van der Waals surface area contributed by atoms with E-state index in [1.54, 1.807) is 18.2 Å². The van der Waals surface area contributed by atoms with Crippen LogP contribution in [0, 0.1) is 11.3 Å². The molecule has 3 rings (SSSR count). The molecule has 1 aliphatic rings. The minimum Gasteiger partial charge on any atom is -0.383 e. The SMILES string of the molecule is CS(=O)(=O)CCNc1cccc(Nc2ncc(C(F)(F)F)c(NCC3CC3)n2)c1C=N. The lowest BCUT2D eigenvalue weighted by atomic mass is 10.1. The van der Waals surface area contributed by atoms with Crippen LogP contribution in [0.25, 0.3) is 0 Å². The summed E-state index contributed by atoms with van der Waals surface area (Å²) in [5.74, 6) is -0.0785. The summed E-state index contributed by atoms with van der Waals surface area (Å²) in [4.78, 5) is 7.79. The lowest BCUT2D eigenvalue weighted by molar-refractivity contribution is -0.137. The van der Waals surface area contributed by atoms with Crippen LogP contribution < -0.4 is 16.0 Å². The first-order valence-corrected chi connectivity index (χ1v) is 11.6. The Labute approximate surface area is 178 Å². The lowest BCUT2D eigenvalue weighted by Crippen LogP contribution is -2.16. The minimum atomic E-state index is -4.59. The normalized spacial score (nSPS) is 14.2. The average Bonchev–Trinajstić information content (AvgIpc) is 3.49. The van der Waals surface area contributed by atoms with Gasteiger partial charge in [0, 0.05) is 43.0 Å². The van der Waals surface area contributed by atoms with Crippen molar-refractivity contribution >= 4 is 39.2 Å². The van der Waals surface area contributed by atoms with Crippen molar-refractivity contribution in [2.45, 2.75) is 19.0 Å². The van der Waals surface area contributed by atoms with Gasteiger partial charge in [-0.15, -0.1) is 0 Å². The Morgan fingerprint density at radius 3 is 2.55 bits per heavy atom. The summed E-state index contributed by atoms with van der Waals surface area (Å²) in [6, 6.07) is 4.96. The van der Waals surface area contributed by atoms with E-state index in [2.05, 4.69) is 25.9 Å². The van der Waals surface area contributed by atoms with Gasteiger partial charge >= 0.3 is 6.18 Å². The highest BCUT2D eigenvalue weighted by molar-refractivity contribution is 7.90. The molecule has 0 radical (unpaired) electrons. The molecule has 1 heterocycles. The third kappa shape index (κ3) is 6.54. The molecule has 1 aromatic heterocycles. The fourth-order valence-corrected chi connectivity index (χ4v) is 3.30. The average molecular weight is 456 g/mol. The zero-order valence-electron chi connectivity index (χ0n) is 16.8. The van der Waals surface area contributed by atoms with Crippen LogP contribution in [-0.2, 0) is 16.0 Å². The number of nitrogens with one attached hydrogen (secondary N) is 4. The molecule has 168 valence electrons. The zero-order valence-corrected chi connectivity index (χ0v) is 17.6. The molecule has 8 nitrogen and oxygen atoms in total. The molecule has 0 bridgehead atoms. The van der Waals surface area contributed by atoms with Crippen molar-refractivity contribution < 1.29 is 21.6 Å². The highest BCUT2D eigenvalue weighted by atomic mass is 32.2. The van der Waals surface area contributed by atoms with Gasteiger partial charge < -0.3 is 21.4 Å². The second-order valence-corrected chi connectivity index (χ2v) is 9.63. The molecule has 0 atom stereocenters. The summed E-state index contributed by atoms with van der Waals surface area (Å²) in [6.45, 7) is 0.556. The summed E-state index contributed by atoms with van der Waals surface area (Å²) in [7, 11) is -3.15. The molecule has 31 heavy (non-hydrogen) atoms. The molecule has 1 aliphatic carbocycles. The quantitative estimate of drug-likeness (QED) is 0.404. The maximum absolute atomic E-state index is 13.3. The van der Waals surface area contributed by atoms with Crippen LogP contribution >= 0.6 is 0 Å².